The van der Waals surface area contributed by atoms with Crippen LogP contribution in [0, 0.1) is 5.92 Å². The minimum absolute atomic E-state index is 0.172. The molecule has 23 heavy (non-hydrogen) atoms. The van der Waals surface area contributed by atoms with E-state index in [1.807, 2.05) is 17.0 Å². The Labute approximate surface area is 134 Å². The molecule has 2 aromatic rings. The monoisotopic (exact) mass is 312 g/mol. The highest BCUT2D eigenvalue weighted by Gasteiger charge is 2.36. The van der Waals surface area contributed by atoms with Gasteiger partial charge in [0.2, 0.25) is 17.6 Å². The van der Waals surface area contributed by atoms with Crippen molar-refractivity contribution in [1.29, 1.82) is 0 Å². The molecule has 2 aliphatic rings. The smallest absolute Gasteiger partial charge is 0.233 e. The maximum absolute atomic E-state index is 12.2. The third-order valence-electron chi connectivity index (χ3n) is 4.90. The molecule has 6 nitrogen and oxygen atoms in total. The SMILES string of the molecule is O=C(CC1CCCC1)N1CC(c2nc(-c3ccncc3)no2)C1. The average Bonchev–Trinajstić information content (AvgIpc) is 3.18. The third kappa shape index (κ3) is 2.98. The first-order valence-electron chi connectivity index (χ1n) is 8.31. The van der Waals surface area contributed by atoms with E-state index in [2.05, 4.69) is 15.1 Å². The van der Waals surface area contributed by atoms with Gasteiger partial charge >= 0.3 is 0 Å². The fraction of sp³-hybridized carbons (Fsp3) is 0.529. The van der Waals surface area contributed by atoms with Crippen molar-refractivity contribution in [2.24, 2.45) is 5.92 Å². The van der Waals surface area contributed by atoms with Gasteiger partial charge in [-0.1, -0.05) is 18.0 Å². The van der Waals surface area contributed by atoms with Gasteiger partial charge in [-0.05, 0) is 30.9 Å². The van der Waals surface area contributed by atoms with Crippen LogP contribution in [0.5, 0.6) is 0 Å². The van der Waals surface area contributed by atoms with Crippen molar-refractivity contribution >= 4 is 5.91 Å². The van der Waals surface area contributed by atoms with Crippen LogP contribution >= 0.6 is 0 Å². The van der Waals surface area contributed by atoms with Gasteiger partial charge in [0.05, 0.1) is 5.92 Å². The molecule has 120 valence electrons. The zero-order valence-electron chi connectivity index (χ0n) is 13.0. The van der Waals surface area contributed by atoms with Crippen LogP contribution in [0.3, 0.4) is 0 Å². The van der Waals surface area contributed by atoms with E-state index < -0.39 is 0 Å². The maximum atomic E-state index is 12.2. The van der Waals surface area contributed by atoms with Gasteiger partial charge in [0.15, 0.2) is 0 Å². The lowest BCUT2D eigenvalue weighted by atomic mass is 9.97. The summed E-state index contributed by atoms with van der Waals surface area (Å²) in [5, 5.41) is 4.03. The molecule has 0 unspecified atom stereocenters. The van der Waals surface area contributed by atoms with Crippen LogP contribution in [0.2, 0.25) is 0 Å². The number of likely N-dealkylation sites (tertiary alicyclic amines) is 1. The summed E-state index contributed by atoms with van der Waals surface area (Å²) in [5.41, 5.74) is 0.892. The van der Waals surface area contributed by atoms with Gasteiger partial charge in [-0.15, -0.1) is 0 Å². The molecule has 1 amide bonds. The summed E-state index contributed by atoms with van der Waals surface area (Å²) in [6, 6.07) is 3.71. The van der Waals surface area contributed by atoms with Crippen molar-refractivity contribution in [3.05, 3.63) is 30.4 Å². The number of hydrogen-bond donors (Lipinski definition) is 0. The molecule has 0 radical (unpaired) electrons. The van der Waals surface area contributed by atoms with Crippen LogP contribution in [-0.2, 0) is 4.79 Å². The van der Waals surface area contributed by atoms with Crippen LogP contribution in [0.25, 0.3) is 11.4 Å². The second kappa shape index (κ2) is 6.10. The van der Waals surface area contributed by atoms with E-state index in [1.165, 1.54) is 25.7 Å². The summed E-state index contributed by atoms with van der Waals surface area (Å²) in [6.07, 6.45) is 9.10. The minimum Gasteiger partial charge on any atom is -0.341 e. The molecule has 2 fully saturated rings. The average molecular weight is 312 g/mol. The number of rotatable bonds is 4. The molecule has 2 aromatic heterocycles. The molecule has 1 saturated carbocycles. The Morgan fingerprint density at radius 2 is 1.96 bits per heavy atom. The quantitative estimate of drug-likeness (QED) is 0.868. The van der Waals surface area contributed by atoms with E-state index in [9.17, 15) is 4.79 Å². The van der Waals surface area contributed by atoms with Crippen LogP contribution in [0.1, 0.15) is 43.9 Å². The van der Waals surface area contributed by atoms with Crippen LogP contribution < -0.4 is 0 Å². The Morgan fingerprint density at radius 3 is 2.70 bits per heavy atom. The highest BCUT2D eigenvalue weighted by atomic mass is 16.5. The fourth-order valence-corrected chi connectivity index (χ4v) is 3.45. The predicted octanol–water partition coefficient (Wildman–Crippen LogP) is 2.64. The molecule has 1 saturated heterocycles. The van der Waals surface area contributed by atoms with Crippen molar-refractivity contribution in [3.8, 4) is 11.4 Å². The lowest BCUT2D eigenvalue weighted by molar-refractivity contribution is -0.137. The summed E-state index contributed by atoms with van der Waals surface area (Å²) in [6.45, 7) is 1.40. The van der Waals surface area contributed by atoms with E-state index in [4.69, 9.17) is 4.52 Å². The van der Waals surface area contributed by atoms with Crippen LogP contribution in [-0.4, -0.2) is 39.0 Å². The first-order chi connectivity index (χ1) is 11.3. The second-order valence-electron chi connectivity index (χ2n) is 6.54. The van der Waals surface area contributed by atoms with E-state index in [-0.39, 0.29) is 11.8 Å². The number of amides is 1. The lowest BCUT2D eigenvalue weighted by Crippen LogP contribution is -2.48. The van der Waals surface area contributed by atoms with Gasteiger partial charge in [-0.2, -0.15) is 4.98 Å². The Morgan fingerprint density at radius 1 is 1.22 bits per heavy atom. The molecule has 0 spiro atoms. The van der Waals surface area contributed by atoms with E-state index in [0.29, 0.717) is 37.1 Å². The summed E-state index contributed by atoms with van der Waals surface area (Å²) in [7, 11) is 0. The Balaban J connectivity index is 1.33. The van der Waals surface area contributed by atoms with Gasteiger partial charge in [-0.25, -0.2) is 0 Å². The van der Waals surface area contributed by atoms with Crippen molar-refractivity contribution in [2.75, 3.05) is 13.1 Å². The summed E-state index contributed by atoms with van der Waals surface area (Å²) < 4.78 is 5.37. The lowest BCUT2D eigenvalue weighted by Gasteiger charge is -2.37. The van der Waals surface area contributed by atoms with Gasteiger partial charge in [-0.3, -0.25) is 9.78 Å². The number of aromatic nitrogens is 3. The van der Waals surface area contributed by atoms with Gasteiger partial charge in [0.25, 0.3) is 0 Å². The van der Waals surface area contributed by atoms with E-state index in [0.717, 1.165) is 5.56 Å². The first kappa shape index (κ1) is 14.4. The standard InChI is InChI=1S/C17H20N4O2/c22-15(9-12-3-1-2-4-12)21-10-14(11-21)17-19-16(20-23-17)13-5-7-18-8-6-13/h5-8,12,14H,1-4,9-11H2. The normalized spacial score (nSPS) is 19.0. The molecule has 3 heterocycles. The fourth-order valence-electron chi connectivity index (χ4n) is 3.45. The predicted molar refractivity (Wildman–Crippen MR) is 83.4 cm³/mol. The van der Waals surface area contributed by atoms with Crippen molar-refractivity contribution in [2.45, 2.75) is 38.0 Å². The summed E-state index contributed by atoms with van der Waals surface area (Å²) in [5.74, 6) is 2.26. The van der Waals surface area contributed by atoms with Crippen molar-refractivity contribution in [1.82, 2.24) is 20.0 Å². The first-order valence-corrected chi connectivity index (χ1v) is 8.31. The van der Waals surface area contributed by atoms with Crippen LogP contribution in [0.15, 0.2) is 29.0 Å². The number of hydrogen-bond acceptors (Lipinski definition) is 5. The van der Waals surface area contributed by atoms with Gasteiger partial charge in [0.1, 0.15) is 0 Å². The molecule has 0 aromatic carbocycles. The number of carbonyl (C=O) groups excluding carboxylic acids is 1. The molecule has 0 N–H and O–H groups in total. The number of pyridine rings is 1. The molecule has 0 bridgehead atoms. The molecule has 0 atom stereocenters. The maximum Gasteiger partial charge on any atom is 0.233 e. The molecular formula is C17H20N4O2. The van der Waals surface area contributed by atoms with Gasteiger partial charge in [0, 0.05) is 37.5 Å². The topological polar surface area (TPSA) is 72.1 Å². The molecule has 1 aliphatic heterocycles. The van der Waals surface area contributed by atoms with Crippen LogP contribution in [0.4, 0.5) is 0 Å². The molecule has 4 rings (SSSR count). The number of carbonyl (C=O) groups is 1. The summed E-state index contributed by atoms with van der Waals surface area (Å²) >= 11 is 0. The zero-order chi connectivity index (χ0) is 15.6. The second-order valence-corrected chi connectivity index (χ2v) is 6.54. The Kier molecular flexibility index (Phi) is 3.81. The minimum atomic E-state index is 0.172. The molecule has 1 aliphatic carbocycles. The van der Waals surface area contributed by atoms with E-state index >= 15 is 0 Å². The Bertz CT molecular complexity index is 673. The highest BCUT2D eigenvalue weighted by Crippen LogP contribution is 2.32. The molecule has 6 heteroatoms. The van der Waals surface area contributed by atoms with Crippen molar-refractivity contribution < 1.29 is 9.32 Å². The highest BCUT2D eigenvalue weighted by molar-refractivity contribution is 5.77. The molecular weight excluding hydrogens is 292 g/mol. The third-order valence-corrected chi connectivity index (χ3v) is 4.90. The van der Waals surface area contributed by atoms with Gasteiger partial charge < -0.3 is 9.42 Å². The van der Waals surface area contributed by atoms with Crippen molar-refractivity contribution in [3.63, 3.8) is 0 Å². The summed E-state index contributed by atoms with van der Waals surface area (Å²) in [4.78, 5) is 22.6. The zero-order valence-corrected chi connectivity index (χ0v) is 13.0. The largest absolute Gasteiger partial charge is 0.341 e. The Hall–Kier alpha value is -2.24. The number of nitrogens with zero attached hydrogens (tertiary/aromatic N) is 4. The van der Waals surface area contributed by atoms with E-state index in [1.54, 1.807) is 12.4 Å².